The fraction of sp³-hybridized carbons (Fsp3) is 0.429. The molecule has 0 fully saturated rings. The second-order valence-corrected chi connectivity index (χ2v) is 4.73. The number of benzene rings is 1. The summed E-state index contributed by atoms with van der Waals surface area (Å²) in [6, 6.07) is 7.93. The number of amidine groups is 1. The van der Waals surface area contributed by atoms with Crippen LogP contribution in [-0.4, -0.2) is 41.9 Å². The van der Waals surface area contributed by atoms with Crippen molar-refractivity contribution in [2.75, 3.05) is 20.1 Å². The topological polar surface area (TPSA) is 52.9 Å². The summed E-state index contributed by atoms with van der Waals surface area (Å²) in [6.45, 7) is 3.48. The smallest absolute Gasteiger partial charge is 0.306 e. The van der Waals surface area contributed by atoms with Gasteiger partial charge in [0.2, 0.25) is 0 Å². The molecule has 1 aliphatic heterocycles. The predicted molar refractivity (Wildman–Crippen MR) is 71.0 cm³/mol. The van der Waals surface area contributed by atoms with Gasteiger partial charge in [-0.2, -0.15) is 0 Å². The first kappa shape index (κ1) is 12.6. The maximum Gasteiger partial charge on any atom is 0.306 e. The summed E-state index contributed by atoms with van der Waals surface area (Å²) in [5.41, 5.74) is 2.12. The summed E-state index contributed by atoms with van der Waals surface area (Å²) >= 11 is 0. The Hall–Kier alpha value is -1.84. The van der Waals surface area contributed by atoms with E-state index in [2.05, 4.69) is 9.89 Å². The first-order valence-corrected chi connectivity index (χ1v) is 6.16. The molecule has 4 heteroatoms. The second kappa shape index (κ2) is 5.21. The number of nitrogens with zero attached hydrogens (tertiary/aromatic N) is 2. The Labute approximate surface area is 107 Å². The number of carbonyl (C=O) groups is 1. The Morgan fingerprint density at radius 2 is 2.22 bits per heavy atom. The number of aliphatic imine (C=N–C) groups is 1. The lowest BCUT2D eigenvalue weighted by atomic mass is 9.96. The molecular formula is C14H18N2O2. The largest absolute Gasteiger partial charge is 0.481 e. The van der Waals surface area contributed by atoms with Crippen molar-refractivity contribution in [3.05, 3.63) is 35.4 Å². The standard InChI is InChI=1S/C14H18N2O2/c1-10(14(17)18)9-11-5-3-4-6-12(11)13-15-7-8-16(13)2/h3-6,10H,7-9H2,1-2H3,(H,17,18). The van der Waals surface area contributed by atoms with Crippen LogP contribution in [0.3, 0.4) is 0 Å². The molecule has 0 saturated carbocycles. The minimum Gasteiger partial charge on any atom is -0.481 e. The summed E-state index contributed by atoms with van der Waals surface area (Å²) in [5.74, 6) is -0.159. The molecular weight excluding hydrogens is 228 g/mol. The summed E-state index contributed by atoms with van der Waals surface area (Å²) in [7, 11) is 2.02. The Kier molecular flexibility index (Phi) is 3.65. The quantitative estimate of drug-likeness (QED) is 0.878. The summed E-state index contributed by atoms with van der Waals surface area (Å²) < 4.78 is 0. The zero-order chi connectivity index (χ0) is 13.1. The minimum absolute atomic E-state index is 0.376. The van der Waals surface area contributed by atoms with E-state index in [9.17, 15) is 4.79 Å². The summed E-state index contributed by atoms with van der Waals surface area (Å²) in [4.78, 5) is 17.6. The van der Waals surface area contributed by atoms with Crippen LogP contribution in [-0.2, 0) is 11.2 Å². The molecule has 0 radical (unpaired) electrons. The Bertz CT molecular complexity index is 482. The van der Waals surface area contributed by atoms with Crippen LogP contribution in [0.25, 0.3) is 0 Å². The molecule has 0 aromatic heterocycles. The van der Waals surface area contributed by atoms with Gasteiger partial charge in [-0.1, -0.05) is 31.2 Å². The van der Waals surface area contributed by atoms with E-state index in [1.165, 1.54) is 0 Å². The third-order valence-electron chi connectivity index (χ3n) is 3.26. The molecule has 1 aromatic carbocycles. The molecule has 0 saturated heterocycles. The molecule has 0 amide bonds. The lowest BCUT2D eigenvalue weighted by molar-refractivity contribution is -0.141. The van der Waals surface area contributed by atoms with Crippen LogP contribution in [0.5, 0.6) is 0 Å². The van der Waals surface area contributed by atoms with E-state index < -0.39 is 5.97 Å². The monoisotopic (exact) mass is 246 g/mol. The van der Waals surface area contributed by atoms with Gasteiger partial charge in [0.1, 0.15) is 5.84 Å². The van der Waals surface area contributed by atoms with Crippen LogP contribution in [0.15, 0.2) is 29.3 Å². The SMILES string of the molecule is CC(Cc1ccccc1C1=NCCN1C)C(=O)O. The molecule has 18 heavy (non-hydrogen) atoms. The van der Waals surface area contributed by atoms with Gasteiger partial charge in [0.15, 0.2) is 0 Å². The molecule has 4 nitrogen and oxygen atoms in total. The third kappa shape index (κ3) is 2.53. The first-order valence-electron chi connectivity index (χ1n) is 6.16. The maximum atomic E-state index is 11.0. The zero-order valence-corrected chi connectivity index (χ0v) is 10.8. The van der Waals surface area contributed by atoms with E-state index in [4.69, 9.17) is 5.11 Å². The molecule has 96 valence electrons. The molecule has 2 rings (SSSR count). The average Bonchev–Trinajstić information content (AvgIpc) is 2.76. The van der Waals surface area contributed by atoms with Crippen molar-refractivity contribution < 1.29 is 9.90 Å². The number of aliphatic carboxylic acids is 1. The number of hydrogen-bond acceptors (Lipinski definition) is 3. The van der Waals surface area contributed by atoms with Gasteiger partial charge in [0.05, 0.1) is 12.5 Å². The van der Waals surface area contributed by atoms with Gasteiger partial charge in [-0.25, -0.2) is 0 Å². The zero-order valence-electron chi connectivity index (χ0n) is 10.8. The number of likely N-dealkylation sites (N-methyl/N-ethyl adjacent to an activating group) is 1. The van der Waals surface area contributed by atoms with E-state index in [1.54, 1.807) is 6.92 Å². The highest BCUT2D eigenvalue weighted by Gasteiger charge is 2.20. The highest BCUT2D eigenvalue weighted by atomic mass is 16.4. The van der Waals surface area contributed by atoms with E-state index in [0.29, 0.717) is 6.42 Å². The highest BCUT2D eigenvalue weighted by molar-refractivity contribution is 6.01. The van der Waals surface area contributed by atoms with Gasteiger partial charge in [0.25, 0.3) is 0 Å². The molecule has 1 atom stereocenters. The fourth-order valence-corrected chi connectivity index (χ4v) is 2.16. The summed E-state index contributed by atoms with van der Waals surface area (Å²) in [5, 5.41) is 9.01. The van der Waals surface area contributed by atoms with Gasteiger partial charge in [-0.3, -0.25) is 9.79 Å². The van der Waals surface area contributed by atoms with Crippen LogP contribution in [0.4, 0.5) is 0 Å². The van der Waals surface area contributed by atoms with Crippen LogP contribution < -0.4 is 0 Å². The van der Waals surface area contributed by atoms with Crippen LogP contribution in [0.2, 0.25) is 0 Å². The van der Waals surface area contributed by atoms with Crippen molar-refractivity contribution in [1.29, 1.82) is 0 Å². The number of carboxylic acid groups (broad SMARTS) is 1. The minimum atomic E-state index is -0.758. The predicted octanol–water partition coefficient (Wildman–Crippen LogP) is 1.64. The summed E-state index contributed by atoms with van der Waals surface area (Å²) in [6.07, 6.45) is 0.540. The highest BCUT2D eigenvalue weighted by Crippen LogP contribution is 2.18. The van der Waals surface area contributed by atoms with Crippen molar-refractivity contribution in [2.24, 2.45) is 10.9 Å². The third-order valence-corrected chi connectivity index (χ3v) is 3.26. The number of hydrogen-bond donors (Lipinski definition) is 1. The number of carboxylic acids is 1. The Balaban J connectivity index is 2.28. The fourth-order valence-electron chi connectivity index (χ4n) is 2.16. The number of rotatable bonds is 4. The lowest BCUT2D eigenvalue weighted by Gasteiger charge is -2.17. The van der Waals surface area contributed by atoms with E-state index in [1.807, 2.05) is 31.3 Å². The van der Waals surface area contributed by atoms with Gasteiger partial charge < -0.3 is 10.0 Å². The van der Waals surface area contributed by atoms with Crippen LogP contribution in [0, 0.1) is 5.92 Å². The van der Waals surface area contributed by atoms with Crippen LogP contribution in [0.1, 0.15) is 18.1 Å². The van der Waals surface area contributed by atoms with Crippen LogP contribution >= 0.6 is 0 Å². The molecule has 1 aliphatic rings. The molecule has 0 spiro atoms. The molecule has 1 N–H and O–H groups in total. The molecule has 1 unspecified atom stereocenters. The Morgan fingerprint density at radius 3 is 2.83 bits per heavy atom. The van der Waals surface area contributed by atoms with Gasteiger partial charge in [0, 0.05) is 19.2 Å². The normalized spacial score (nSPS) is 16.6. The first-order chi connectivity index (χ1) is 8.59. The lowest BCUT2D eigenvalue weighted by Crippen LogP contribution is -2.25. The maximum absolute atomic E-state index is 11.0. The van der Waals surface area contributed by atoms with Crippen molar-refractivity contribution in [3.8, 4) is 0 Å². The van der Waals surface area contributed by atoms with E-state index in [-0.39, 0.29) is 5.92 Å². The molecule has 1 heterocycles. The van der Waals surface area contributed by atoms with Gasteiger partial charge >= 0.3 is 5.97 Å². The van der Waals surface area contributed by atoms with Crippen molar-refractivity contribution >= 4 is 11.8 Å². The van der Waals surface area contributed by atoms with E-state index >= 15 is 0 Å². The molecule has 1 aromatic rings. The van der Waals surface area contributed by atoms with E-state index in [0.717, 1.165) is 30.1 Å². The van der Waals surface area contributed by atoms with Gasteiger partial charge in [-0.05, 0) is 12.0 Å². The molecule has 0 bridgehead atoms. The second-order valence-electron chi connectivity index (χ2n) is 4.73. The van der Waals surface area contributed by atoms with Crippen molar-refractivity contribution in [3.63, 3.8) is 0 Å². The Morgan fingerprint density at radius 1 is 1.50 bits per heavy atom. The average molecular weight is 246 g/mol. The van der Waals surface area contributed by atoms with Gasteiger partial charge in [-0.15, -0.1) is 0 Å². The van der Waals surface area contributed by atoms with Crippen molar-refractivity contribution in [2.45, 2.75) is 13.3 Å². The molecule has 0 aliphatic carbocycles. The van der Waals surface area contributed by atoms with Crippen molar-refractivity contribution in [1.82, 2.24) is 4.90 Å².